The van der Waals surface area contributed by atoms with Gasteiger partial charge >= 0.3 is 0 Å². The Labute approximate surface area is 154 Å². The molecule has 0 aliphatic carbocycles. The van der Waals surface area contributed by atoms with E-state index < -0.39 is 0 Å². The summed E-state index contributed by atoms with van der Waals surface area (Å²) in [5, 5.41) is 8.79. The van der Waals surface area contributed by atoms with Crippen LogP contribution in [0.15, 0.2) is 57.8 Å². The first-order valence-electron chi connectivity index (χ1n) is 9.32. The summed E-state index contributed by atoms with van der Waals surface area (Å²) < 4.78 is 0. The van der Waals surface area contributed by atoms with E-state index >= 15 is 0 Å². The Balaban J connectivity index is 1.57. The predicted octanol–water partition coefficient (Wildman–Crippen LogP) is 6.23. The van der Waals surface area contributed by atoms with Crippen LogP contribution in [0.5, 0.6) is 0 Å². The number of rotatable bonds is 4. The van der Waals surface area contributed by atoms with Crippen LogP contribution in [0.25, 0.3) is 5.70 Å². The predicted molar refractivity (Wildman–Crippen MR) is 106 cm³/mol. The third-order valence-corrected chi connectivity index (χ3v) is 5.02. The Morgan fingerprint density at radius 3 is 2.50 bits per heavy atom. The molecular weight excluding hydrogens is 320 g/mol. The van der Waals surface area contributed by atoms with Gasteiger partial charge in [0.2, 0.25) is 0 Å². The Hall–Kier alpha value is -2.62. The third kappa shape index (κ3) is 3.00. The van der Waals surface area contributed by atoms with E-state index in [2.05, 4.69) is 79.3 Å². The van der Waals surface area contributed by atoms with E-state index in [4.69, 9.17) is 4.99 Å². The van der Waals surface area contributed by atoms with E-state index in [9.17, 15) is 0 Å². The molecule has 4 rings (SSSR count). The van der Waals surface area contributed by atoms with Crippen LogP contribution >= 0.6 is 0 Å². The first-order valence-corrected chi connectivity index (χ1v) is 9.32. The van der Waals surface area contributed by atoms with Crippen LogP contribution in [0.2, 0.25) is 0 Å². The molecule has 0 bridgehead atoms. The van der Waals surface area contributed by atoms with Crippen LogP contribution in [0.4, 0.5) is 5.69 Å². The zero-order valence-corrected chi connectivity index (χ0v) is 15.8. The van der Waals surface area contributed by atoms with Crippen molar-refractivity contribution in [2.45, 2.75) is 46.1 Å². The normalized spacial score (nSPS) is 18.5. The molecule has 4 heteroatoms. The van der Waals surface area contributed by atoms with Gasteiger partial charge in [-0.2, -0.15) is 10.2 Å². The van der Waals surface area contributed by atoms with Crippen molar-refractivity contribution in [3.05, 3.63) is 65.0 Å². The molecule has 26 heavy (non-hydrogen) atoms. The van der Waals surface area contributed by atoms with E-state index in [-0.39, 0.29) is 6.04 Å². The Morgan fingerprint density at radius 2 is 1.81 bits per heavy atom. The lowest BCUT2D eigenvalue weighted by Crippen LogP contribution is -2.00. The maximum absolute atomic E-state index is 4.85. The number of fused-ring (bicyclic) bond motifs is 1. The van der Waals surface area contributed by atoms with Crippen molar-refractivity contribution < 1.29 is 0 Å². The molecule has 1 atom stereocenters. The number of nitrogens with zero attached hydrogens (tertiary/aromatic N) is 4. The summed E-state index contributed by atoms with van der Waals surface area (Å²) in [7, 11) is 0. The molecule has 4 nitrogen and oxygen atoms in total. The first kappa shape index (κ1) is 16.8. The van der Waals surface area contributed by atoms with Gasteiger partial charge in [0, 0.05) is 35.0 Å². The quantitative estimate of drug-likeness (QED) is 0.648. The molecule has 0 N–H and O–H groups in total. The molecule has 2 aromatic rings. The molecule has 0 saturated carbocycles. The van der Waals surface area contributed by atoms with Crippen molar-refractivity contribution in [3.8, 4) is 0 Å². The van der Waals surface area contributed by atoms with Crippen molar-refractivity contribution in [3.63, 3.8) is 0 Å². The van der Waals surface area contributed by atoms with E-state index in [0.717, 1.165) is 40.3 Å². The highest BCUT2D eigenvalue weighted by Gasteiger charge is 2.24. The van der Waals surface area contributed by atoms with E-state index in [1.54, 1.807) is 0 Å². The van der Waals surface area contributed by atoms with E-state index in [1.807, 2.05) is 6.20 Å². The molecule has 2 aliphatic rings. The minimum absolute atomic E-state index is 0.182. The number of hydrogen-bond acceptors (Lipinski definition) is 4. The van der Waals surface area contributed by atoms with Gasteiger partial charge in [0.1, 0.15) is 6.04 Å². The van der Waals surface area contributed by atoms with Crippen molar-refractivity contribution in [2.75, 3.05) is 0 Å². The molecule has 2 aliphatic heterocycles. The number of benzene rings is 1. The molecule has 1 aromatic carbocycles. The zero-order valence-electron chi connectivity index (χ0n) is 15.8. The highest BCUT2D eigenvalue weighted by atomic mass is 15.2. The second-order valence-electron chi connectivity index (χ2n) is 7.66. The van der Waals surface area contributed by atoms with E-state index in [1.165, 1.54) is 5.56 Å². The lowest BCUT2D eigenvalue weighted by atomic mass is 9.95. The number of azo groups is 1. The van der Waals surface area contributed by atoms with E-state index in [0.29, 0.717) is 11.8 Å². The second-order valence-corrected chi connectivity index (χ2v) is 7.66. The summed E-state index contributed by atoms with van der Waals surface area (Å²) in [5.74, 6) is 0.904. The molecule has 0 spiro atoms. The summed E-state index contributed by atoms with van der Waals surface area (Å²) in [5.41, 5.74) is 7.61. The van der Waals surface area contributed by atoms with Crippen LogP contribution in [0.1, 0.15) is 68.5 Å². The van der Waals surface area contributed by atoms with Gasteiger partial charge in [-0.1, -0.05) is 45.9 Å². The maximum atomic E-state index is 4.85. The van der Waals surface area contributed by atoms with Gasteiger partial charge in [0.25, 0.3) is 0 Å². The number of hydrogen-bond donors (Lipinski definition) is 0. The molecule has 0 fully saturated rings. The molecule has 132 valence electrons. The second kappa shape index (κ2) is 6.60. The summed E-state index contributed by atoms with van der Waals surface area (Å²) in [6, 6.07) is 10.8. The van der Waals surface area contributed by atoms with Gasteiger partial charge in [-0.05, 0) is 30.0 Å². The highest BCUT2D eigenvalue weighted by molar-refractivity contribution is 6.07. The molecular formula is C22H24N4. The minimum atomic E-state index is 0.182. The van der Waals surface area contributed by atoms with Crippen LogP contribution in [-0.2, 0) is 0 Å². The monoisotopic (exact) mass is 344 g/mol. The van der Waals surface area contributed by atoms with Crippen molar-refractivity contribution in [2.24, 2.45) is 21.1 Å². The Morgan fingerprint density at radius 1 is 1.00 bits per heavy atom. The number of aliphatic imine (C=N–C) groups is 1. The van der Waals surface area contributed by atoms with Gasteiger partial charge in [-0.3, -0.25) is 9.98 Å². The Kier molecular flexibility index (Phi) is 4.27. The highest BCUT2D eigenvalue weighted by Crippen LogP contribution is 2.41. The standard InChI is InChI=1S/C22H24N4/c1-13(2)18-8-6-16(12-23-18)20-10-9-19(24-20)15-5-7-17-21(11-15)25-26-22(17)14(3)4/h5-9,11-14,22H,10H2,1-4H3. The summed E-state index contributed by atoms with van der Waals surface area (Å²) in [6.07, 6.45) is 4.96. The average Bonchev–Trinajstić information content (AvgIpc) is 3.28. The van der Waals surface area contributed by atoms with Crippen molar-refractivity contribution in [1.82, 2.24) is 4.98 Å². The fraction of sp³-hybridized carbons (Fsp3) is 0.364. The van der Waals surface area contributed by atoms with Crippen LogP contribution in [-0.4, -0.2) is 10.7 Å². The fourth-order valence-electron chi connectivity index (χ4n) is 3.43. The van der Waals surface area contributed by atoms with Crippen molar-refractivity contribution in [1.29, 1.82) is 0 Å². The summed E-state index contributed by atoms with van der Waals surface area (Å²) in [6.45, 7) is 8.68. The molecule has 3 heterocycles. The number of aromatic nitrogens is 1. The molecule has 1 unspecified atom stereocenters. The number of pyridine rings is 1. The van der Waals surface area contributed by atoms with Gasteiger partial charge < -0.3 is 0 Å². The lowest BCUT2D eigenvalue weighted by molar-refractivity contribution is 0.515. The van der Waals surface area contributed by atoms with Crippen molar-refractivity contribution >= 4 is 17.1 Å². The largest absolute Gasteiger partial charge is 0.260 e. The van der Waals surface area contributed by atoms with Crippen LogP contribution in [0, 0.1) is 5.92 Å². The summed E-state index contributed by atoms with van der Waals surface area (Å²) >= 11 is 0. The third-order valence-electron chi connectivity index (χ3n) is 5.02. The van der Waals surface area contributed by atoms with Gasteiger partial charge in [0.15, 0.2) is 0 Å². The molecule has 0 amide bonds. The van der Waals surface area contributed by atoms with Gasteiger partial charge in [-0.25, -0.2) is 0 Å². The van der Waals surface area contributed by atoms with Crippen LogP contribution in [0.3, 0.4) is 0 Å². The minimum Gasteiger partial charge on any atom is -0.260 e. The first-order chi connectivity index (χ1) is 12.5. The molecule has 1 aromatic heterocycles. The zero-order chi connectivity index (χ0) is 18.3. The fourth-order valence-corrected chi connectivity index (χ4v) is 3.43. The SMILES string of the molecule is CC(C)c1ccc(C2=NC(c3ccc4c(c3)N=NC4C(C)C)=CC2)cn1. The number of allylic oxidation sites excluding steroid dienone is 1. The maximum Gasteiger partial charge on any atom is 0.101 e. The topological polar surface area (TPSA) is 50.0 Å². The van der Waals surface area contributed by atoms with Gasteiger partial charge in [0.05, 0.1) is 17.1 Å². The van der Waals surface area contributed by atoms with Crippen LogP contribution < -0.4 is 0 Å². The van der Waals surface area contributed by atoms with Gasteiger partial charge in [-0.15, -0.1) is 0 Å². The summed E-state index contributed by atoms with van der Waals surface area (Å²) in [4.78, 5) is 9.41. The average molecular weight is 344 g/mol. The molecule has 0 saturated heterocycles. The Bertz CT molecular complexity index is 918. The smallest absolute Gasteiger partial charge is 0.101 e. The lowest BCUT2D eigenvalue weighted by Gasteiger charge is -2.11. The molecule has 0 radical (unpaired) electrons.